The fraction of sp³-hybridized carbons (Fsp3) is 0.263. The predicted octanol–water partition coefficient (Wildman–Crippen LogP) is 4.23. The fourth-order valence-corrected chi connectivity index (χ4v) is 4.48. The van der Waals surface area contributed by atoms with Crippen molar-refractivity contribution in [1.82, 2.24) is 4.57 Å². The molecule has 1 aliphatic heterocycles. The number of aryl methyl sites for hydroxylation is 1. The van der Waals surface area contributed by atoms with E-state index >= 15 is 0 Å². The lowest BCUT2D eigenvalue weighted by Gasteiger charge is -2.18. The van der Waals surface area contributed by atoms with Gasteiger partial charge >= 0.3 is 0 Å². The Morgan fingerprint density at radius 2 is 2.04 bits per heavy atom. The molecule has 0 aliphatic carbocycles. The van der Waals surface area contributed by atoms with Gasteiger partial charge in [0, 0.05) is 35.0 Å². The first-order chi connectivity index (χ1) is 13.2. The Kier molecular flexibility index (Phi) is 5.43. The normalized spacial score (nSPS) is 13.9. The number of aromatic nitrogens is 1. The van der Waals surface area contributed by atoms with Gasteiger partial charge in [-0.3, -0.25) is 4.79 Å². The van der Waals surface area contributed by atoms with Crippen molar-refractivity contribution in [2.75, 3.05) is 25.2 Å². The number of ether oxygens (including phenoxy) is 2. The number of amides is 1. The van der Waals surface area contributed by atoms with Crippen molar-refractivity contribution in [1.29, 1.82) is 0 Å². The molecule has 3 aromatic rings. The molecule has 0 spiro atoms. The zero-order chi connectivity index (χ0) is 18.8. The summed E-state index contributed by atoms with van der Waals surface area (Å²) in [6.07, 6.45) is 2.06. The first kappa shape index (κ1) is 18.4. The highest BCUT2D eigenvalue weighted by atomic mass is 35.5. The van der Waals surface area contributed by atoms with Crippen molar-refractivity contribution >= 4 is 50.8 Å². The van der Waals surface area contributed by atoms with Gasteiger partial charge in [0.1, 0.15) is 13.2 Å². The van der Waals surface area contributed by atoms with Crippen LogP contribution in [-0.4, -0.2) is 35.7 Å². The summed E-state index contributed by atoms with van der Waals surface area (Å²) in [5.74, 6) is 2.08. The molecule has 0 fully saturated rings. The van der Waals surface area contributed by atoms with Crippen LogP contribution in [0.1, 0.15) is 10.4 Å². The lowest BCUT2D eigenvalue weighted by atomic mass is 10.2. The van der Waals surface area contributed by atoms with E-state index in [1.165, 1.54) is 11.3 Å². The van der Waals surface area contributed by atoms with Crippen molar-refractivity contribution in [2.24, 2.45) is 4.99 Å². The largest absolute Gasteiger partial charge is 0.486 e. The Labute approximate surface area is 169 Å². The number of halogens is 1. The van der Waals surface area contributed by atoms with Crippen LogP contribution in [0.4, 0.5) is 0 Å². The summed E-state index contributed by atoms with van der Waals surface area (Å²) in [7, 11) is 0. The number of hydrogen-bond acceptors (Lipinski definition) is 5. The maximum Gasteiger partial charge on any atom is 0.279 e. The van der Waals surface area contributed by atoms with E-state index in [9.17, 15) is 4.79 Å². The molecule has 0 bridgehead atoms. The van der Waals surface area contributed by atoms with Gasteiger partial charge in [-0.15, -0.1) is 0 Å². The van der Waals surface area contributed by atoms with E-state index in [1.54, 1.807) is 36.0 Å². The van der Waals surface area contributed by atoms with E-state index in [1.807, 2.05) is 12.1 Å². The minimum atomic E-state index is -0.306. The van der Waals surface area contributed by atoms with E-state index < -0.39 is 0 Å². The molecular formula is C19H17ClN2O3S2. The fourth-order valence-electron chi connectivity index (χ4n) is 2.86. The number of thioether (sulfide) groups is 1. The van der Waals surface area contributed by atoms with E-state index in [0.29, 0.717) is 28.6 Å². The maximum absolute atomic E-state index is 12.6. The van der Waals surface area contributed by atoms with Crippen LogP contribution >= 0.6 is 34.7 Å². The lowest BCUT2D eigenvalue weighted by Crippen LogP contribution is -2.18. The van der Waals surface area contributed by atoms with Gasteiger partial charge < -0.3 is 14.0 Å². The molecule has 8 heteroatoms. The second kappa shape index (κ2) is 7.96. The van der Waals surface area contributed by atoms with Crippen LogP contribution in [0.25, 0.3) is 10.2 Å². The van der Waals surface area contributed by atoms with Gasteiger partial charge in [0.05, 0.1) is 10.2 Å². The van der Waals surface area contributed by atoms with Crippen molar-refractivity contribution in [2.45, 2.75) is 6.54 Å². The third-order valence-corrected chi connectivity index (χ3v) is 6.00. The summed E-state index contributed by atoms with van der Waals surface area (Å²) in [6.45, 7) is 1.83. The Bertz CT molecular complexity index is 1070. The molecule has 0 unspecified atom stereocenters. The molecule has 0 atom stereocenters. The standard InChI is InChI=1S/C19H17ClN2O3S2/c1-26-8-5-22-14-10-15-16(25-7-6-24-15)11-17(14)27-19(22)21-18(23)12-3-2-4-13(20)9-12/h2-4,9-11H,5-8H2,1H3. The Balaban J connectivity index is 1.84. The minimum absolute atomic E-state index is 0.306. The van der Waals surface area contributed by atoms with Crippen LogP contribution in [0.5, 0.6) is 11.5 Å². The van der Waals surface area contributed by atoms with Crippen LogP contribution in [0.2, 0.25) is 5.02 Å². The number of rotatable bonds is 4. The summed E-state index contributed by atoms with van der Waals surface area (Å²) >= 11 is 9.22. The molecule has 0 saturated carbocycles. The van der Waals surface area contributed by atoms with Crippen LogP contribution in [0.3, 0.4) is 0 Å². The third-order valence-electron chi connectivity index (χ3n) is 4.13. The van der Waals surface area contributed by atoms with Crippen molar-refractivity contribution in [3.63, 3.8) is 0 Å². The molecule has 2 aromatic carbocycles. The number of thiazole rings is 1. The SMILES string of the molecule is CSCCn1c(=NC(=O)c2cccc(Cl)c2)sc2cc3c(cc21)OCCO3. The molecule has 2 heterocycles. The second-order valence-corrected chi connectivity index (χ2v) is 8.35. The monoisotopic (exact) mass is 420 g/mol. The van der Waals surface area contributed by atoms with E-state index in [0.717, 1.165) is 34.0 Å². The first-order valence-electron chi connectivity index (χ1n) is 8.42. The van der Waals surface area contributed by atoms with Gasteiger partial charge in [-0.25, -0.2) is 0 Å². The molecule has 1 aliphatic rings. The van der Waals surface area contributed by atoms with Crippen LogP contribution < -0.4 is 14.3 Å². The molecule has 0 N–H and O–H groups in total. The van der Waals surface area contributed by atoms with Crippen molar-refractivity contribution in [3.8, 4) is 11.5 Å². The van der Waals surface area contributed by atoms with Gasteiger partial charge in [-0.1, -0.05) is 29.0 Å². The molecule has 27 heavy (non-hydrogen) atoms. The quantitative estimate of drug-likeness (QED) is 0.633. The van der Waals surface area contributed by atoms with Gasteiger partial charge in [0.15, 0.2) is 16.3 Å². The zero-order valence-corrected chi connectivity index (χ0v) is 17.0. The van der Waals surface area contributed by atoms with Crippen LogP contribution in [0, 0.1) is 0 Å². The van der Waals surface area contributed by atoms with E-state index in [2.05, 4.69) is 15.8 Å². The number of nitrogens with zero attached hydrogens (tertiary/aromatic N) is 2. The number of carbonyl (C=O) groups is 1. The Morgan fingerprint density at radius 3 is 2.78 bits per heavy atom. The van der Waals surface area contributed by atoms with Crippen molar-refractivity contribution < 1.29 is 14.3 Å². The molecule has 0 saturated heterocycles. The molecule has 5 nitrogen and oxygen atoms in total. The highest BCUT2D eigenvalue weighted by Crippen LogP contribution is 2.35. The number of carbonyl (C=O) groups excluding carboxylic acids is 1. The van der Waals surface area contributed by atoms with Crippen LogP contribution in [0.15, 0.2) is 41.4 Å². The molecule has 1 aromatic heterocycles. The highest BCUT2D eigenvalue weighted by Gasteiger charge is 2.17. The van der Waals surface area contributed by atoms with Gasteiger partial charge in [-0.2, -0.15) is 16.8 Å². The smallest absolute Gasteiger partial charge is 0.279 e. The molecule has 140 valence electrons. The predicted molar refractivity (Wildman–Crippen MR) is 111 cm³/mol. The zero-order valence-electron chi connectivity index (χ0n) is 14.6. The second-order valence-electron chi connectivity index (χ2n) is 5.92. The molecule has 4 rings (SSSR count). The summed E-state index contributed by atoms with van der Waals surface area (Å²) in [5, 5.41) is 0.518. The minimum Gasteiger partial charge on any atom is -0.486 e. The highest BCUT2D eigenvalue weighted by molar-refractivity contribution is 7.98. The number of fused-ring (bicyclic) bond motifs is 2. The summed E-state index contributed by atoms with van der Waals surface area (Å²) in [5.41, 5.74) is 1.47. The van der Waals surface area contributed by atoms with E-state index in [4.69, 9.17) is 21.1 Å². The van der Waals surface area contributed by atoms with Gasteiger partial charge in [0.25, 0.3) is 5.91 Å². The number of hydrogen-bond donors (Lipinski definition) is 0. The summed E-state index contributed by atoms with van der Waals surface area (Å²) in [6, 6.07) is 10.8. The lowest BCUT2D eigenvalue weighted by molar-refractivity contribution is 0.0998. The Hall–Kier alpha value is -1.96. The summed E-state index contributed by atoms with van der Waals surface area (Å²) in [4.78, 5) is 17.7. The Morgan fingerprint density at radius 1 is 1.26 bits per heavy atom. The molecule has 0 radical (unpaired) electrons. The van der Waals surface area contributed by atoms with E-state index in [-0.39, 0.29) is 5.91 Å². The first-order valence-corrected chi connectivity index (χ1v) is 11.0. The van der Waals surface area contributed by atoms with Crippen LogP contribution in [-0.2, 0) is 6.54 Å². The van der Waals surface area contributed by atoms with Gasteiger partial charge in [0.2, 0.25) is 0 Å². The maximum atomic E-state index is 12.6. The third kappa shape index (κ3) is 3.85. The van der Waals surface area contributed by atoms with Crippen molar-refractivity contribution in [3.05, 3.63) is 51.8 Å². The summed E-state index contributed by atoms with van der Waals surface area (Å²) < 4.78 is 14.5. The number of benzene rings is 2. The average Bonchev–Trinajstić information content (AvgIpc) is 3.00. The molecular weight excluding hydrogens is 404 g/mol. The van der Waals surface area contributed by atoms with Gasteiger partial charge in [-0.05, 0) is 24.5 Å². The average molecular weight is 421 g/mol. The topological polar surface area (TPSA) is 52.8 Å². The molecule has 1 amide bonds.